The van der Waals surface area contributed by atoms with Crippen LogP contribution in [-0.4, -0.2) is 74.6 Å². The SMILES string of the molecule is CN(C)CCN1CCN(C(CN)c2ccsc2)CC1. The molecule has 1 saturated heterocycles. The molecule has 19 heavy (non-hydrogen) atoms. The Morgan fingerprint density at radius 3 is 2.58 bits per heavy atom. The summed E-state index contributed by atoms with van der Waals surface area (Å²) in [6.45, 7) is 7.62. The summed E-state index contributed by atoms with van der Waals surface area (Å²) in [6.07, 6.45) is 0. The van der Waals surface area contributed by atoms with E-state index in [0.717, 1.165) is 32.7 Å². The highest BCUT2D eigenvalue weighted by Gasteiger charge is 2.24. The summed E-state index contributed by atoms with van der Waals surface area (Å²) in [7, 11) is 4.27. The molecule has 1 aliphatic rings. The van der Waals surface area contributed by atoms with Gasteiger partial charge in [0, 0.05) is 51.9 Å². The summed E-state index contributed by atoms with van der Waals surface area (Å²) >= 11 is 1.76. The highest BCUT2D eigenvalue weighted by atomic mass is 32.1. The summed E-state index contributed by atoms with van der Waals surface area (Å²) in [5, 5.41) is 4.38. The van der Waals surface area contributed by atoms with E-state index in [2.05, 4.69) is 45.6 Å². The van der Waals surface area contributed by atoms with Gasteiger partial charge in [-0.05, 0) is 36.5 Å². The molecular formula is C14H26N4S. The van der Waals surface area contributed by atoms with Crippen LogP contribution < -0.4 is 5.73 Å². The fourth-order valence-corrected chi connectivity index (χ4v) is 3.31. The number of thiophene rings is 1. The second-order valence-corrected chi connectivity index (χ2v) is 6.27. The zero-order chi connectivity index (χ0) is 13.7. The highest BCUT2D eigenvalue weighted by molar-refractivity contribution is 7.07. The van der Waals surface area contributed by atoms with E-state index in [1.165, 1.54) is 12.1 Å². The lowest BCUT2D eigenvalue weighted by molar-refractivity contribution is 0.0941. The first-order chi connectivity index (χ1) is 9.20. The van der Waals surface area contributed by atoms with Crippen molar-refractivity contribution in [1.29, 1.82) is 0 Å². The number of hydrogen-bond donors (Lipinski definition) is 1. The lowest BCUT2D eigenvalue weighted by Crippen LogP contribution is -2.50. The molecule has 0 aliphatic carbocycles. The first kappa shape index (κ1) is 14.9. The largest absolute Gasteiger partial charge is 0.329 e. The summed E-state index contributed by atoms with van der Waals surface area (Å²) in [6, 6.07) is 2.61. The first-order valence-electron chi connectivity index (χ1n) is 7.04. The summed E-state index contributed by atoms with van der Waals surface area (Å²) in [4.78, 5) is 7.34. The number of nitrogens with zero attached hydrogens (tertiary/aromatic N) is 3. The van der Waals surface area contributed by atoms with Crippen LogP contribution in [0.25, 0.3) is 0 Å². The van der Waals surface area contributed by atoms with Crippen LogP contribution in [0.3, 0.4) is 0 Å². The van der Waals surface area contributed by atoms with E-state index in [-0.39, 0.29) is 0 Å². The minimum Gasteiger partial charge on any atom is -0.329 e. The Hall–Kier alpha value is -0.460. The predicted molar refractivity (Wildman–Crippen MR) is 82.7 cm³/mol. The second-order valence-electron chi connectivity index (χ2n) is 5.49. The molecule has 0 saturated carbocycles. The molecule has 2 N–H and O–H groups in total. The van der Waals surface area contributed by atoms with Crippen molar-refractivity contribution in [2.75, 3.05) is 59.9 Å². The zero-order valence-corrected chi connectivity index (χ0v) is 12.9. The molecule has 2 heterocycles. The normalized spacial score (nSPS) is 20.0. The molecule has 0 amide bonds. The molecule has 1 aromatic heterocycles. The lowest BCUT2D eigenvalue weighted by atomic mass is 10.1. The highest BCUT2D eigenvalue weighted by Crippen LogP contribution is 2.23. The van der Waals surface area contributed by atoms with Crippen molar-refractivity contribution < 1.29 is 0 Å². The summed E-state index contributed by atoms with van der Waals surface area (Å²) in [5.41, 5.74) is 7.35. The Morgan fingerprint density at radius 2 is 2.05 bits per heavy atom. The van der Waals surface area contributed by atoms with Gasteiger partial charge in [-0.3, -0.25) is 9.80 Å². The quantitative estimate of drug-likeness (QED) is 0.842. The van der Waals surface area contributed by atoms with Crippen LogP contribution in [0, 0.1) is 0 Å². The van der Waals surface area contributed by atoms with Gasteiger partial charge in [-0.15, -0.1) is 0 Å². The fraction of sp³-hybridized carbons (Fsp3) is 0.714. The number of hydrogen-bond acceptors (Lipinski definition) is 5. The number of piperazine rings is 1. The van der Waals surface area contributed by atoms with Crippen molar-refractivity contribution in [1.82, 2.24) is 14.7 Å². The topological polar surface area (TPSA) is 35.7 Å². The Labute approximate surface area is 120 Å². The third kappa shape index (κ3) is 4.26. The maximum atomic E-state index is 5.97. The van der Waals surface area contributed by atoms with Gasteiger partial charge in [0.2, 0.25) is 0 Å². The smallest absolute Gasteiger partial charge is 0.0479 e. The number of nitrogens with two attached hydrogens (primary N) is 1. The second kappa shape index (κ2) is 7.36. The van der Waals surface area contributed by atoms with Gasteiger partial charge in [-0.1, -0.05) is 0 Å². The van der Waals surface area contributed by atoms with Gasteiger partial charge in [-0.2, -0.15) is 11.3 Å². The minimum atomic E-state index is 0.405. The van der Waals surface area contributed by atoms with Crippen molar-refractivity contribution >= 4 is 11.3 Å². The van der Waals surface area contributed by atoms with E-state index in [0.29, 0.717) is 12.6 Å². The third-order valence-electron chi connectivity index (χ3n) is 3.86. The maximum absolute atomic E-state index is 5.97. The summed E-state index contributed by atoms with van der Waals surface area (Å²) < 4.78 is 0. The Kier molecular flexibility index (Phi) is 5.78. The van der Waals surface area contributed by atoms with E-state index >= 15 is 0 Å². The van der Waals surface area contributed by atoms with Crippen LogP contribution in [0.4, 0.5) is 0 Å². The third-order valence-corrected chi connectivity index (χ3v) is 4.56. The van der Waals surface area contributed by atoms with Crippen LogP contribution in [0.1, 0.15) is 11.6 Å². The van der Waals surface area contributed by atoms with Crippen molar-refractivity contribution in [2.45, 2.75) is 6.04 Å². The molecule has 108 valence electrons. The molecule has 4 nitrogen and oxygen atoms in total. The molecule has 1 fully saturated rings. The van der Waals surface area contributed by atoms with E-state index in [9.17, 15) is 0 Å². The summed E-state index contributed by atoms with van der Waals surface area (Å²) in [5.74, 6) is 0. The van der Waals surface area contributed by atoms with Crippen molar-refractivity contribution in [3.8, 4) is 0 Å². The van der Waals surface area contributed by atoms with Gasteiger partial charge >= 0.3 is 0 Å². The number of likely N-dealkylation sites (N-methyl/N-ethyl adjacent to an activating group) is 1. The molecule has 1 unspecified atom stereocenters. The monoisotopic (exact) mass is 282 g/mol. The standard InChI is InChI=1S/C14H26N4S/c1-16(2)4-5-17-6-8-18(9-7-17)14(11-15)13-3-10-19-12-13/h3,10,12,14H,4-9,11,15H2,1-2H3. The average Bonchev–Trinajstić information content (AvgIpc) is 2.92. The average molecular weight is 282 g/mol. The molecule has 1 atom stereocenters. The molecule has 1 aliphatic heterocycles. The Balaban J connectivity index is 1.82. The fourth-order valence-electron chi connectivity index (χ4n) is 2.60. The van der Waals surface area contributed by atoms with Gasteiger partial charge in [0.1, 0.15) is 0 Å². The number of rotatable bonds is 6. The van der Waals surface area contributed by atoms with Crippen LogP contribution in [0.5, 0.6) is 0 Å². The Bertz CT molecular complexity index is 344. The van der Waals surface area contributed by atoms with Gasteiger partial charge in [0.25, 0.3) is 0 Å². The molecule has 5 heteroatoms. The predicted octanol–water partition coefficient (Wildman–Crippen LogP) is 0.927. The maximum Gasteiger partial charge on any atom is 0.0479 e. The molecule has 0 spiro atoms. The Morgan fingerprint density at radius 1 is 1.32 bits per heavy atom. The molecule has 1 aromatic rings. The minimum absolute atomic E-state index is 0.405. The van der Waals surface area contributed by atoms with E-state index in [4.69, 9.17) is 5.73 Å². The van der Waals surface area contributed by atoms with Crippen LogP contribution >= 0.6 is 11.3 Å². The van der Waals surface area contributed by atoms with Gasteiger partial charge < -0.3 is 10.6 Å². The van der Waals surface area contributed by atoms with E-state index in [1.54, 1.807) is 11.3 Å². The van der Waals surface area contributed by atoms with Crippen LogP contribution in [0.2, 0.25) is 0 Å². The zero-order valence-electron chi connectivity index (χ0n) is 12.1. The van der Waals surface area contributed by atoms with Gasteiger partial charge in [0.05, 0.1) is 0 Å². The molecule has 2 rings (SSSR count). The van der Waals surface area contributed by atoms with Crippen LogP contribution in [0.15, 0.2) is 16.8 Å². The van der Waals surface area contributed by atoms with Crippen LogP contribution in [-0.2, 0) is 0 Å². The van der Waals surface area contributed by atoms with E-state index < -0.39 is 0 Å². The lowest BCUT2D eigenvalue weighted by Gasteiger charge is -2.39. The van der Waals surface area contributed by atoms with Crippen molar-refractivity contribution in [3.05, 3.63) is 22.4 Å². The van der Waals surface area contributed by atoms with Gasteiger partial charge in [0.15, 0.2) is 0 Å². The molecule has 0 radical (unpaired) electrons. The first-order valence-corrected chi connectivity index (χ1v) is 7.98. The molecule has 0 bridgehead atoms. The van der Waals surface area contributed by atoms with E-state index in [1.807, 2.05) is 0 Å². The van der Waals surface area contributed by atoms with Gasteiger partial charge in [-0.25, -0.2) is 0 Å². The molecular weight excluding hydrogens is 256 g/mol. The van der Waals surface area contributed by atoms with Crippen molar-refractivity contribution in [3.63, 3.8) is 0 Å². The molecule has 0 aromatic carbocycles. The van der Waals surface area contributed by atoms with Crippen molar-refractivity contribution in [2.24, 2.45) is 5.73 Å².